The molecule has 0 aliphatic rings. The summed E-state index contributed by atoms with van der Waals surface area (Å²) >= 11 is 0. The van der Waals surface area contributed by atoms with E-state index >= 15 is 0 Å². The molecule has 0 heterocycles. The number of ether oxygens (including phenoxy) is 1. The second-order valence-corrected chi connectivity index (χ2v) is 7.06. The van der Waals surface area contributed by atoms with E-state index in [1.807, 2.05) is 56.3 Å². The van der Waals surface area contributed by atoms with Gasteiger partial charge in [-0.3, -0.25) is 4.79 Å². The molecule has 1 N–H and O–H groups in total. The molecule has 0 saturated heterocycles. The van der Waals surface area contributed by atoms with Gasteiger partial charge in [-0.25, -0.2) is 5.43 Å². The van der Waals surface area contributed by atoms with Gasteiger partial charge in [0.15, 0.2) is 6.61 Å². The summed E-state index contributed by atoms with van der Waals surface area (Å²) in [7, 11) is 0. The number of nitrogens with one attached hydrogen (secondary N) is 1. The quantitative estimate of drug-likeness (QED) is 0.295. The van der Waals surface area contributed by atoms with Gasteiger partial charge in [-0.2, -0.15) is 5.10 Å². The molecule has 4 aromatic carbocycles. The van der Waals surface area contributed by atoms with E-state index < -0.39 is 0 Å². The zero-order valence-corrected chi connectivity index (χ0v) is 16.5. The predicted octanol–water partition coefficient (Wildman–Crippen LogP) is 5.14. The van der Waals surface area contributed by atoms with Crippen LogP contribution < -0.4 is 10.2 Å². The maximum atomic E-state index is 12.1. The number of fused-ring (bicyclic) bond motifs is 2. The van der Waals surface area contributed by atoms with Crippen molar-refractivity contribution in [2.75, 3.05) is 6.61 Å². The summed E-state index contributed by atoms with van der Waals surface area (Å²) in [6.45, 7) is 3.97. The maximum absolute atomic E-state index is 12.1. The van der Waals surface area contributed by atoms with Crippen LogP contribution in [-0.2, 0) is 4.79 Å². The fourth-order valence-corrected chi connectivity index (χ4v) is 3.34. The molecule has 4 aromatic rings. The second-order valence-electron chi connectivity index (χ2n) is 7.06. The Labute approximate surface area is 169 Å². The lowest BCUT2D eigenvalue weighted by Gasteiger charge is -2.08. The molecule has 0 spiro atoms. The van der Waals surface area contributed by atoms with E-state index in [9.17, 15) is 4.79 Å². The highest BCUT2D eigenvalue weighted by Gasteiger charge is 2.06. The standard InChI is InChI=1S/C25H22N2O2/c1-17-11-12-21(13-18(17)2)29-16-25(28)27-26-15-24-22-9-5-3-7-19(22)14-20-8-4-6-10-23(20)24/h3-15H,16H2,1-2H3,(H,27,28)/b26-15+. The highest BCUT2D eigenvalue weighted by Crippen LogP contribution is 2.27. The maximum Gasteiger partial charge on any atom is 0.277 e. The van der Waals surface area contributed by atoms with Crippen molar-refractivity contribution in [1.82, 2.24) is 5.43 Å². The van der Waals surface area contributed by atoms with Crippen molar-refractivity contribution >= 4 is 33.7 Å². The van der Waals surface area contributed by atoms with E-state index in [0.717, 1.165) is 32.7 Å². The summed E-state index contributed by atoms with van der Waals surface area (Å²) in [6, 6.07) is 24.3. The predicted molar refractivity (Wildman–Crippen MR) is 119 cm³/mol. The first kappa shape index (κ1) is 18.7. The molecular weight excluding hydrogens is 360 g/mol. The molecule has 0 aliphatic heterocycles. The van der Waals surface area contributed by atoms with Gasteiger partial charge in [0.1, 0.15) is 5.75 Å². The van der Waals surface area contributed by atoms with Crippen molar-refractivity contribution in [3.63, 3.8) is 0 Å². The van der Waals surface area contributed by atoms with Gasteiger partial charge in [0, 0.05) is 5.56 Å². The van der Waals surface area contributed by atoms with Crippen molar-refractivity contribution < 1.29 is 9.53 Å². The van der Waals surface area contributed by atoms with Gasteiger partial charge in [-0.05, 0) is 64.7 Å². The van der Waals surface area contributed by atoms with Crippen LogP contribution in [0.4, 0.5) is 0 Å². The molecule has 144 valence electrons. The van der Waals surface area contributed by atoms with E-state index in [1.165, 1.54) is 5.56 Å². The third-order valence-electron chi connectivity index (χ3n) is 5.04. The number of carbonyl (C=O) groups is 1. The lowest BCUT2D eigenvalue weighted by atomic mass is 9.97. The fourth-order valence-electron chi connectivity index (χ4n) is 3.34. The Morgan fingerprint density at radius 3 is 2.21 bits per heavy atom. The van der Waals surface area contributed by atoms with Crippen molar-refractivity contribution in [3.05, 3.63) is 89.5 Å². The van der Waals surface area contributed by atoms with Gasteiger partial charge in [-0.1, -0.05) is 54.6 Å². The minimum atomic E-state index is -0.302. The van der Waals surface area contributed by atoms with Crippen LogP contribution in [-0.4, -0.2) is 18.7 Å². The monoisotopic (exact) mass is 382 g/mol. The van der Waals surface area contributed by atoms with Gasteiger partial charge in [0.2, 0.25) is 0 Å². The number of rotatable bonds is 5. The lowest BCUT2D eigenvalue weighted by Crippen LogP contribution is -2.24. The second kappa shape index (κ2) is 8.15. The first-order valence-corrected chi connectivity index (χ1v) is 9.54. The Kier molecular flexibility index (Phi) is 5.25. The molecule has 0 saturated carbocycles. The first-order valence-electron chi connectivity index (χ1n) is 9.54. The third kappa shape index (κ3) is 4.11. The summed E-state index contributed by atoms with van der Waals surface area (Å²) in [5.41, 5.74) is 5.86. The number of hydrogen-bond acceptors (Lipinski definition) is 3. The Morgan fingerprint density at radius 1 is 0.897 bits per heavy atom. The van der Waals surface area contributed by atoms with Crippen LogP contribution in [0, 0.1) is 13.8 Å². The molecule has 4 rings (SSSR count). The Balaban J connectivity index is 1.50. The van der Waals surface area contributed by atoms with E-state index in [0.29, 0.717) is 5.75 Å². The smallest absolute Gasteiger partial charge is 0.277 e. The van der Waals surface area contributed by atoms with Gasteiger partial charge in [0.25, 0.3) is 5.91 Å². The van der Waals surface area contributed by atoms with E-state index in [-0.39, 0.29) is 12.5 Å². The van der Waals surface area contributed by atoms with Crippen LogP contribution in [0.3, 0.4) is 0 Å². The number of amides is 1. The third-order valence-corrected chi connectivity index (χ3v) is 5.04. The van der Waals surface area contributed by atoms with E-state index in [1.54, 1.807) is 6.21 Å². The van der Waals surface area contributed by atoms with Crippen molar-refractivity contribution in [3.8, 4) is 5.75 Å². The lowest BCUT2D eigenvalue weighted by molar-refractivity contribution is -0.123. The summed E-state index contributed by atoms with van der Waals surface area (Å²) in [6.07, 6.45) is 1.71. The Hall–Kier alpha value is -3.66. The number of benzene rings is 4. The summed E-state index contributed by atoms with van der Waals surface area (Å²) in [5, 5.41) is 8.64. The molecule has 0 radical (unpaired) electrons. The van der Waals surface area contributed by atoms with Crippen molar-refractivity contribution in [2.45, 2.75) is 13.8 Å². The summed E-state index contributed by atoms with van der Waals surface area (Å²) < 4.78 is 5.56. The molecule has 0 atom stereocenters. The van der Waals surface area contributed by atoms with Crippen LogP contribution in [0.1, 0.15) is 16.7 Å². The average Bonchev–Trinajstić information content (AvgIpc) is 2.74. The summed E-state index contributed by atoms with van der Waals surface area (Å²) in [5.74, 6) is 0.372. The van der Waals surface area contributed by atoms with E-state index in [4.69, 9.17) is 4.74 Å². The Morgan fingerprint density at radius 2 is 1.55 bits per heavy atom. The number of nitrogens with zero attached hydrogens (tertiary/aromatic N) is 1. The van der Waals surface area contributed by atoms with Crippen LogP contribution in [0.15, 0.2) is 77.9 Å². The molecule has 0 unspecified atom stereocenters. The molecule has 0 bridgehead atoms. The number of hydrogen-bond donors (Lipinski definition) is 1. The molecule has 0 fully saturated rings. The highest BCUT2D eigenvalue weighted by atomic mass is 16.5. The van der Waals surface area contributed by atoms with Crippen LogP contribution in [0.25, 0.3) is 21.5 Å². The average molecular weight is 382 g/mol. The Bertz CT molecular complexity index is 1170. The minimum Gasteiger partial charge on any atom is -0.484 e. The highest BCUT2D eigenvalue weighted by molar-refractivity contribution is 6.13. The molecule has 1 amide bonds. The van der Waals surface area contributed by atoms with Crippen LogP contribution in [0.5, 0.6) is 5.75 Å². The largest absolute Gasteiger partial charge is 0.484 e. The fraction of sp³-hybridized carbons (Fsp3) is 0.120. The number of hydrazone groups is 1. The molecule has 4 heteroatoms. The van der Waals surface area contributed by atoms with E-state index in [2.05, 4.69) is 40.9 Å². The van der Waals surface area contributed by atoms with Crippen LogP contribution in [0.2, 0.25) is 0 Å². The summed E-state index contributed by atoms with van der Waals surface area (Å²) in [4.78, 5) is 12.1. The zero-order chi connectivity index (χ0) is 20.2. The first-order chi connectivity index (χ1) is 14.1. The molecule has 0 aromatic heterocycles. The van der Waals surface area contributed by atoms with Gasteiger partial charge in [-0.15, -0.1) is 0 Å². The number of carbonyl (C=O) groups excluding carboxylic acids is 1. The molecule has 4 nitrogen and oxygen atoms in total. The van der Waals surface area contributed by atoms with Crippen molar-refractivity contribution in [2.24, 2.45) is 5.10 Å². The van der Waals surface area contributed by atoms with Gasteiger partial charge >= 0.3 is 0 Å². The molecule has 0 aliphatic carbocycles. The number of aryl methyl sites for hydroxylation is 2. The normalized spacial score (nSPS) is 11.2. The minimum absolute atomic E-state index is 0.0872. The SMILES string of the molecule is Cc1ccc(OCC(=O)N/N=C/c2c3ccccc3cc3ccccc23)cc1C. The zero-order valence-electron chi connectivity index (χ0n) is 16.5. The molecular formula is C25H22N2O2. The van der Waals surface area contributed by atoms with Gasteiger partial charge < -0.3 is 4.74 Å². The van der Waals surface area contributed by atoms with Crippen LogP contribution >= 0.6 is 0 Å². The van der Waals surface area contributed by atoms with Crippen molar-refractivity contribution in [1.29, 1.82) is 0 Å². The van der Waals surface area contributed by atoms with Gasteiger partial charge in [0.05, 0.1) is 6.21 Å². The topological polar surface area (TPSA) is 50.7 Å². The molecule has 29 heavy (non-hydrogen) atoms.